The summed E-state index contributed by atoms with van der Waals surface area (Å²) in [5.41, 5.74) is 2.28. The van der Waals surface area contributed by atoms with Gasteiger partial charge in [-0.25, -0.2) is 0 Å². The summed E-state index contributed by atoms with van der Waals surface area (Å²) in [6.07, 6.45) is 8.87. The number of carbonyl (C=O) groups is 1. The highest BCUT2D eigenvalue weighted by atomic mass is 32.1. The first-order chi connectivity index (χ1) is 12.8. The number of rotatable bonds is 2. The third kappa shape index (κ3) is 2.72. The van der Waals surface area contributed by atoms with E-state index >= 15 is 0 Å². The van der Waals surface area contributed by atoms with E-state index in [9.17, 15) is 4.79 Å². The monoisotopic (exact) mass is 366 g/mol. The third-order valence-corrected chi connectivity index (χ3v) is 6.85. The molecule has 6 heteroatoms. The molecular formula is C20H22N4OS. The summed E-state index contributed by atoms with van der Waals surface area (Å²) in [5.74, 6) is 1.42. The number of piperidine rings is 1. The number of hydrogen-bond donors (Lipinski definition) is 0. The summed E-state index contributed by atoms with van der Waals surface area (Å²) in [7, 11) is 0. The van der Waals surface area contributed by atoms with Crippen LogP contribution in [0, 0.1) is 0 Å². The van der Waals surface area contributed by atoms with E-state index in [1.54, 1.807) is 11.3 Å². The molecule has 5 rings (SSSR count). The number of aromatic nitrogens is 3. The van der Waals surface area contributed by atoms with Gasteiger partial charge in [0.15, 0.2) is 5.65 Å². The summed E-state index contributed by atoms with van der Waals surface area (Å²) >= 11 is 1.71. The minimum atomic E-state index is 0.197. The van der Waals surface area contributed by atoms with Crippen LogP contribution in [0.25, 0.3) is 5.65 Å². The Balaban J connectivity index is 1.38. The van der Waals surface area contributed by atoms with Crippen molar-refractivity contribution in [3.8, 4) is 0 Å². The van der Waals surface area contributed by atoms with Crippen molar-refractivity contribution in [1.29, 1.82) is 0 Å². The number of nitrogens with zero attached hydrogens (tertiary/aromatic N) is 4. The largest absolute Gasteiger partial charge is 0.337 e. The third-order valence-electron chi connectivity index (χ3n) is 5.62. The molecule has 0 bridgehead atoms. The minimum absolute atomic E-state index is 0.197. The molecule has 0 saturated carbocycles. The van der Waals surface area contributed by atoms with Crippen LogP contribution < -0.4 is 0 Å². The number of likely N-dealkylation sites (tertiary alicyclic amines) is 1. The highest BCUT2D eigenvalue weighted by molar-refractivity contribution is 7.14. The van der Waals surface area contributed by atoms with Gasteiger partial charge in [0.05, 0.1) is 4.88 Å². The highest BCUT2D eigenvalue weighted by Crippen LogP contribution is 2.32. The summed E-state index contributed by atoms with van der Waals surface area (Å²) in [5, 5.41) is 8.69. The minimum Gasteiger partial charge on any atom is -0.337 e. The number of fused-ring (bicyclic) bond motifs is 2. The Morgan fingerprint density at radius 1 is 1.15 bits per heavy atom. The predicted octanol–water partition coefficient (Wildman–Crippen LogP) is 3.69. The van der Waals surface area contributed by atoms with Gasteiger partial charge >= 0.3 is 0 Å². The van der Waals surface area contributed by atoms with Gasteiger partial charge in [0, 0.05) is 30.1 Å². The Kier molecular flexibility index (Phi) is 4.00. The molecule has 26 heavy (non-hydrogen) atoms. The lowest BCUT2D eigenvalue weighted by atomic mass is 9.96. The topological polar surface area (TPSA) is 50.5 Å². The van der Waals surface area contributed by atoms with Gasteiger partial charge in [-0.15, -0.1) is 21.5 Å². The van der Waals surface area contributed by atoms with Crippen LogP contribution in [0.3, 0.4) is 0 Å². The van der Waals surface area contributed by atoms with Crippen LogP contribution in [0.1, 0.15) is 57.5 Å². The second-order valence-electron chi connectivity index (χ2n) is 7.34. The molecule has 1 aliphatic heterocycles. The van der Waals surface area contributed by atoms with Gasteiger partial charge < -0.3 is 4.90 Å². The zero-order valence-electron chi connectivity index (χ0n) is 14.7. The molecule has 0 aromatic carbocycles. The maximum atomic E-state index is 13.1. The lowest BCUT2D eigenvalue weighted by Crippen LogP contribution is -2.39. The van der Waals surface area contributed by atoms with E-state index in [2.05, 4.69) is 20.7 Å². The Hall–Kier alpha value is -2.21. The molecule has 3 aromatic rings. The molecule has 1 fully saturated rings. The van der Waals surface area contributed by atoms with Gasteiger partial charge in [-0.3, -0.25) is 9.20 Å². The van der Waals surface area contributed by atoms with Crippen molar-refractivity contribution >= 4 is 22.9 Å². The lowest BCUT2D eigenvalue weighted by molar-refractivity contribution is 0.0709. The highest BCUT2D eigenvalue weighted by Gasteiger charge is 2.29. The smallest absolute Gasteiger partial charge is 0.263 e. The Morgan fingerprint density at radius 3 is 3.00 bits per heavy atom. The lowest BCUT2D eigenvalue weighted by Gasteiger charge is -2.31. The fourth-order valence-electron chi connectivity index (χ4n) is 4.26. The number of thiophene rings is 1. The second-order valence-corrected chi connectivity index (χ2v) is 8.48. The van der Waals surface area contributed by atoms with Crippen molar-refractivity contribution in [3.05, 3.63) is 51.6 Å². The first-order valence-corrected chi connectivity index (χ1v) is 10.3. The maximum absolute atomic E-state index is 13.1. The number of carbonyl (C=O) groups excluding carboxylic acids is 1. The van der Waals surface area contributed by atoms with Crippen LogP contribution >= 0.6 is 11.3 Å². The predicted molar refractivity (Wildman–Crippen MR) is 102 cm³/mol. The summed E-state index contributed by atoms with van der Waals surface area (Å²) in [6.45, 7) is 1.58. The van der Waals surface area contributed by atoms with Gasteiger partial charge in [0.2, 0.25) is 0 Å². The van der Waals surface area contributed by atoms with Gasteiger partial charge in [-0.2, -0.15) is 0 Å². The number of pyridine rings is 1. The number of aryl methyl sites for hydroxylation is 2. The van der Waals surface area contributed by atoms with Crippen LogP contribution in [0.15, 0.2) is 30.5 Å². The van der Waals surface area contributed by atoms with E-state index in [1.165, 1.54) is 23.3 Å². The van der Waals surface area contributed by atoms with Gasteiger partial charge in [0.1, 0.15) is 5.82 Å². The zero-order chi connectivity index (χ0) is 17.5. The molecule has 2 aliphatic rings. The first-order valence-electron chi connectivity index (χ1n) is 9.50. The van der Waals surface area contributed by atoms with Crippen molar-refractivity contribution < 1.29 is 4.79 Å². The second kappa shape index (κ2) is 6.50. The molecule has 0 radical (unpaired) electrons. The zero-order valence-corrected chi connectivity index (χ0v) is 15.5. The van der Waals surface area contributed by atoms with E-state index in [0.29, 0.717) is 0 Å². The molecule has 1 amide bonds. The van der Waals surface area contributed by atoms with Crippen molar-refractivity contribution in [2.24, 2.45) is 0 Å². The number of amides is 1. The van der Waals surface area contributed by atoms with E-state index in [0.717, 1.165) is 55.1 Å². The maximum Gasteiger partial charge on any atom is 0.263 e. The summed E-state index contributed by atoms with van der Waals surface area (Å²) in [6, 6.07) is 8.10. The summed E-state index contributed by atoms with van der Waals surface area (Å²) in [4.78, 5) is 17.5. The van der Waals surface area contributed by atoms with Crippen molar-refractivity contribution in [1.82, 2.24) is 19.5 Å². The van der Waals surface area contributed by atoms with Crippen LogP contribution in [0.5, 0.6) is 0 Å². The quantitative estimate of drug-likeness (QED) is 0.695. The molecule has 0 N–H and O–H groups in total. The Morgan fingerprint density at radius 2 is 2.08 bits per heavy atom. The fraction of sp³-hybridized carbons (Fsp3) is 0.450. The van der Waals surface area contributed by atoms with Gasteiger partial charge in [-0.05, 0) is 62.3 Å². The van der Waals surface area contributed by atoms with Crippen molar-refractivity contribution in [2.45, 2.75) is 44.4 Å². The first kappa shape index (κ1) is 16.0. The normalized spacial score (nSPS) is 20.3. The Labute approximate surface area is 156 Å². The average molecular weight is 366 g/mol. The molecular weight excluding hydrogens is 344 g/mol. The van der Waals surface area contributed by atoms with Crippen LogP contribution in [-0.2, 0) is 12.8 Å². The van der Waals surface area contributed by atoms with Crippen LogP contribution in [0.2, 0.25) is 0 Å². The molecule has 5 nitrogen and oxygen atoms in total. The molecule has 134 valence electrons. The van der Waals surface area contributed by atoms with E-state index < -0.39 is 0 Å². The molecule has 3 aromatic heterocycles. The van der Waals surface area contributed by atoms with Crippen LogP contribution in [0.4, 0.5) is 0 Å². The molecule has 0 unspecified atom stereocenters. The SMILES string of the molecule is O=C(c1cc2c(s1)CCCC2)N1CCC[C@H](c2nnc3ccccn23)C1. The molecule has 1 atom stereocenters. The molecule has 1 aliphatic carbocycles. The van der Waals surface area contributed by atoms with Gasteiger partial charge in [-0.1, -0.05) is 6.07 Å². The standard InChI is InChI=1S/C20H22N4OS/c25-20(17-12-14-6-1-2-8-16(14)26-17)23-10-5-7-15(13-23)19-22-21-18-9-3-4-11-24(18)19/h3-4,9,11-12,15H,1-2,5-8,10,13H2/t15-/m0/s1. The van der Waals surface area contributed by atoms with E-state index in [1.807, 2.05) is 29.3 Å². The van der Waals surface area contributed by atoms with Crippen molar-refractivity contribution in [3.63, 3.8) is 0 Å². The fourth-order valence-corrected chi connectivity index (χ4v) is 5.48. The average Bonchev–Trinajstić information content (AvgIpc) is 3.31. The van der Waals surface area contributed by atoms with E-state index in [4.69, 9.17) is 0 Å². The van der Waals surface area contributed by atoms with E-state index in [-0.39, 0.29) is 11.8 Å². The Bertz CT molecular complexity index is 936. The molecule has 0 spiro atoms. The van der Waals surface area contributed by atoms with Gasteiger partial charge in [0.25, 0.3) is 5.91 Å². The summed E-state index contributed by atoms with van der Waals surface area (Å²) < 4.78 is 2.06. The molecule has 4 heterocycles. The van der Waals surface area contributed by atoms with Crippen LogP contribution in [-0.4, -0.2) is 38.5 Å². The number of hydrogen-bond acceptors (Lipinski definition) is 4. The molecule has 1 saturated heterocycles. The van der Waals surface area contributed by atoms with Crippen molar-refractivity contribution in [2.75, 3.05) is 13.1 Å².